The van der Waals surface area contributed by atoms with Gasteiger partial charge in [0.05, 0.1) is 53.6 Å². The van der Waals surface area contributed by atoms with E-state index in [0.29, 0.717) is 69.8 Å². The third kappa shape index (κ3) is 18.2. The van der Waals surface area contributed by atoms with Gasteiger partial charge in [-0.25, -0.2) is 24.4 Å². The molecule has 4 aromatic carbocycles. The first kappa shape index (κ1) is 75.9. The van der Waals surface area contributed by atoms with Gasteiger partial charge in [0, 0.05) is 104 Å². The van der Waals surface area contributed by atoms with Crippen molar-refractivity contribution in [3.63, 3.8) is 0 Å². The van der Waals surface area contributed by atoms with E-state index in [1.807, 2.05) is 66.2 Å². The van der Waals surface area contributed by atoms with Crippen LogP contribution in [0.3, 0.4) is 0 Å². The van der Waals surface area contributed by atoms with Crippen LogP contribution in [0.4, 0.5) is 9.93 Å². The average Bonchev–Trinajstić information content (AvgIpc) is 0.758. The average molecular weight is 1500 g/mol. The molecule has 6 atom stereocenters. The number of carbonyl (C=O) groups excluding carboxylic acids is 6. The Morgan fingerprint density at radius 1 is 0.830 bits per heavy atom. The number of amides is 6. The number of likely N-dealkylation sites (N-methyl/N-ethyl adjacent to an activating group) is 1. The lowest BCUT2D eigenvalue weighted by atomic mass is 9.39. The van der Waals surface area contributed by atoms with Crippen LogP contribution in [-0.4, -0.2) is 194 Å². The van der Waals surface area contributed by atoms with Gasteiger partial charge in [-0.3, -0.25) is 43.4 Å². The van der Waals surface area contributed by atoms with Crippen molar-refractivity contribution in [3.8, 4) is 33.9 Å². The molecule has 4 aliphatic carbocycles. The molecule has 29 nitrogen and oxygen atoms in total. The lowest BCUT2D eigenvalue weighted by Crippen LogP contribution is -2.64. The molecule has 4 bridgehead atoms. The molecule has 7 N–H and O–H groups in total. The largest absolute Gasteiger partial charge is 0.491 e. The van der Waals surface area contributed by atoms with Crippen LogP contribution in [-0.2, 0) is 66.2 Å². The summed E-state index contributed by atoms with van der Waals surface area (Å²) >= 11 is 1.38. The van der Waals surface area contributed by atoms with Gasteiger partial charge in [0.25, 0.3) is 27.8 Å². The summed E-state index contributed by atoms with van der Waals surface area (Å²) in [4.78, 5) is 114. The summed E-state index contributed by atoms with van der Waals surface area (Å²) in [6.45, 7) is 7.07. The number of benzene rings is 4. The maximum absolute atomic E-state index is 13.8. The minimum atomic E-state index is -4.72. The Labute approximate surface area is 614 Å². The number of hydrogen-bond acceptors (Lipinski definition) is 21. The number of aromatic carboxylic acids is 1. The molecule has 106 heavy (non-hydrogen) atoms. The first-order chi connectivity index (χ1) is 50.5. The molecule has 5 fully saturated rings. The number of aromatic nitrogens is 4. The summed E-state index contributed by atoms with van der Waals surface area (Å²) in [7, 11) is -3.11. The number of imide groups is 1. The van der Waals surface area contributed by atoms with Gasteiger partial charge in [0.1, 0.15) is 36.5 Å². The standard InChI is InChI=1S/C75H85N9O20S2/c1-45-54(51-20-21-55(79-65(51)69(93)94)47-17-16-46-11-10-12-52(53(46)31-47)66(89)81-70-80-56-13-7-8-14-60(56)105-70)35-77-84(45)44-74-39-72(2)38-73(3,40-74)42-75(41-72,43-74)102-28-26-82(4)71(95)101-36-48-18-19-50(103-64-33-49(85)32-59(104-64)68(91)92)34-58(48)100-30-29-99-27-24-76-67(90)57(37-106(96,97)98)78-61(86)15-6-5-9-25-83-62(87)22-23-63(83)88/h7-8,10-14,16-23,31,34-35,49,57,59,64,85H,5-6,9,15,24-30,32-33,36-44H2,1-4H3,(H,76,90)(H,78,86)(H,91,92)(H,93,94)(H,80,81,89)(H,96,97,98)/t49-,57-,59-,64+,72?,73?,74?,75?/m0/s1. The molecule has 6 aliphatic rings. The normalized spacial score (nSPS) is 22.7. The molecule has 4 saturated carbocycles. The fourth-order valence-corrected chi connectivity index (χ4v) is 18.2. The molecule has 2 aliphatic heterocycles. The summed E-state index contributed by atoms with van der Waals surface area (Å²) in [5, 5.41) is 45.5. The van der Waals surface area contributed by atoms with Crippen LogP contribution in [0, 0.1) is 23.2 Å². The van der Waals surface area contributed by atoms with Crippen molar-refractivity contribution in [2.45, 2.75) is 141 Å². The Balaban J connectivity index is 0.646. The number of para-hydroxylation sites is 1. The van der Waals surface area contributed by atoms with E-state index < -0.39 is 87.7 Å². The first-order valence-electron chi connectivity index (χ1n) is 35.1. The number of unbranched alkanes of at least 4 members (excludes halogenated alkanes) is 2. The molecule has 7 aromatic rings. The molecule has 5 heterocycles. The van der Waals surface area contributed by atoms with Crippen molar-refractivity contribution in [2.24, 2.45) is 16.2 Å². The van der Waals surface area contributed by atoms with Crippen LogP contribution in [0.15, 0.2) is 109 Å². The highest BCUT2D eigenvalue weighted by Gasteiger charge is 2.66. The number of pyridine rings is 1. The Bertz CT molecular complexity index is 4620. The number of ether oxygens (including phenoxy) is 6. The zero-order chi connectivity index (χ0) is 75.3. The molecule has 562 valence electrons. The molecule has 2 unspecified atom stereocenters. The fraction of sp³-hybridized carbons (Fsp3) is 0.453. The highest BCUT2D eigenvalue weighted by Crippen LogP contribution is 2.72. The number of carbonyl (C=O) groups is 8. The van der Waals surface area contributed by atoms with Crippen molar-refractivity contribution in [1.29, 1.82) is 0 Å². The highest BCUT2D eigenvalue weighted by molar-refractivity contribution is 7.85. The second kappa shape index (κ2) is 31.7. The number of nitrogens with zero attached hydrogens (tertiary/aromatic N) is 6. The number of nitrogens with one attached hydrogen (secondary N) is 3. The number of aliphatic hydroxyl groups excluding tert-OH is 1. The quantitative estimate of drug-likeness (QED) is 0.0115. The number of thiazole rings is 1. The maximum Gasteiger partial charge on any atom is 0.409 e. The Morgan fingerprint density at radius 2 is 1.60 bits per heavy atom. The van der Waals surface area contributed by atoms with Crippen molar-refractivity contribution in [3.05, 3.63) is 132 Å². The molecule has 6 amide bonds. The van der Waals surface area contributed by atoms with Crippen molar-refractivity contribution < 1.29 is 95.1 Å². The van der Waals surface area contributed by atoms with Gasteiger partial charge in [-0.2, -0.15) is 13.5 Å². The lowest BCUT2D eigenvalue weighted by molar-refractivity contribution is -0.248. The molecule has 1 saturated heterocycles. The summed E-state index contributed by atoms with van der Waals surface area (Å²) in [6.07, 6.45) is 6.19. The van der Waals surface area contributed by atoms with E-state index in [1.54, 1.807) is 43.6 Å². The van der Waals surface area contributed by atoms with Gasteiger partial charge in [0.2, 0.25) is 18.1 Å². The van der Waals surface area contributed by atoms with E-state index in [1.165, 1.54) is 34.5 Å². The van der Waals surface area contributed by atoms with Crippen LogP contribution in [0.2, 0.25) is 0 Å². The number of aliphatic carboxylic acids is 1. The predicted molar refractivity (Wildman–Crippen MR) is 386 cm³/mol. The van der Waals surface area contributed by atoms with Crippen LogP contribution < -0.4 is 25.4 Å². The van der Waals surface area contributed by atoms with Gasteiger partial charge in [-0.1, -0.05) is 68.0 Å². The number of carboxylic acid groups (broad SMARTS) is 2. The van der Waals surface area contributed by atoms with Crippen LogP contribution in [0.5, 0.6) is 11.5 Å². The number of carboxylic acids is 2. The number of fused-ring (bicyclic) bond motifs is 2. The van der Waals surface area contributed by atoms with E-state index in [0.717, 1.165) is 64.7 Å². The molecular weight excluding hydrogens is 1410 g/mol. The van der Waals surface area contributed by atoms with Crippen molar-refractivity contribution in [2.75, 3.05) is 64.2 Å². The van der Waals surface area contributed by atoms with Crippen molar-refractivity contribution >= 4 is 95.1 Å². The van der Waals surface area contributed by atoms with Gasteiger partial charge >= 0.3 is 18.0 Å². The van der Waals surface area contributed by atoms with Gasteiger partial charge < -0.3 is 59.3 Å². The second-order valence-electron chi connectivity index (χ2n) is 29.1. The zero-order valence-corrected chi connectivity index (χ0v) is 60.7. The third-order valence-electron chi connectivity index (χ3n) is 20.2. The first-order valence-corrected chi connectivity index (χ1v) is 37.6. The molecule has 0 spiro atoms. The Kier molecular flexibility index (Phi) is 22.7. The summed E-state index contributed by atoms with van der Waals surface area (Å²) < 4.78 is 72.3. The summed E-state index contributed by atoms with van der Waals surface area (Å²) in [6, 6.07) is 25.3. The van der Waals surface area contributed by atoms with Crippen LogP contribution >= 0.6 is 11.3 Å². The SMILES string of the molecule is Cc1c(-c2ccc(-c3ccc4cccc(C(=O)Nc5nc6ccccc6s5)c4c3)nc2C(=O)O)cnn1CC12CC3(C)CC(C)(C1)CC(OCCN(C)C(=O)OCc1ccc(O[C@H]4C[C@@H](O)C[C@@H](C(=O)O)O4)cc1OCCOCCNC(=O)[C@H](CS(=O)(=O)O)NC(=O)CCCCCN1C(=O)C=CC1=O)(C3)C2. The lowest BCUT2D eigenvalue weighted by Gasteiger charge is -2.69. The maximum atomic E-state index is 13.8. The predicted octanol–water partition coefficient (Wildman–Crippen LogP) is 8.74. The molecule has 31 heteroatoms. The van der Waals surface area contributed by atoms with Crippen molar-refractivity contribution in [1.82, 2.24) is 40.2 Å². The fourth-order valence-electron chi connectivity index (χ4n) is 16.6. The number of anilines is 1. The van der Waals surface area contributed by atoms with E-state index in [-0.39, 0.29) is 111 Å². The Hall–Kier alpha value is -9.76. The molecular formula is C75H85N9O20S2. The van der Waals surface area contributed by atoms with Crippen LogP contribution in [0.1, 0.15) is 123 Å². The minimum absolute atomic E-state index is 0.0208. The third-order valence-corrected chi connectivity index (χ3v) is 21.9. The smallest absolute Gasteiger partial charge is 0.409 e. The number of rotatable bonds is 33. The van der Waals surface area contributed by atoms with Gasteiger partial charge in [-0.15, -0.1) is 0 Å². The van der Waals surface area contributed by atoms with E-state index >= 15 is 0 Å². The van der Waals surface area contributed by atoms with E-state index in [4.69, 9.17) is 38.5 Å². The molecule has 13 rings (SSSR count). The number of hydrogen-bond donors (Lipinski definition) is 7. The highest BCUT2D eigenvalue weighted by atomic mass is 32.2. The second-order valence-corrected chi connectivity index (χ2v) is 31.6. The van der Waals surface area contributed by atoms with Gasteiger partial charge in [-0.05, 0) is 134 Å². The molecule has 3 aromatic heterocycles. The summed E-state index contributed by atoms with van der Waals surface area (Å²) in [5.74, 6) is -5.94. The van der Waals surface area contributed by atoms with Crippen LogP contribution in [0.25, 0.3) is 43.4 Å². The summed E-state index contributed by atoms with van der Waals surface area (Å²) in [5.41, 5.74) is 3.55. The van der Waals surface area contributed by atoms with E-state index in [2.05, 4.69) is 34.8 Å². The van der Waals surface area contributed by atoms with E-state index in [9.17, 15) is 66.6 Å². The monoisotopic (exact) mass is 1500 g/mol. The number of aliphatic hydroxyl groups is 1. The molecule has 0 radical (unpaired) electrons. The minimum Gasteiger partial charge on any atom is -0.491 e. The zero-order valence-electron chi connectivity index (χ0n) is 59.1. The van der Waals surface area contributed by atoms with Gasteiger partial charge in [0.15, 0.2) is 16.9 Å². The topological polar surface area (TPSA) is 393 Å². The Morgan fingerprint density at radius 3 is 2.35 bits per heavy atom.